The Morgan fingerprint density at radius 1 is 1.12 bits per heavy atom. The number of carboxylic acids is 1. The number of carbonyl (C=O) groups is 3. The van der Waals surface area contributed by atoms with Gasteiger partial charge in [0.25, 0.3) is 0 Å². The van der Waals surface area contributed by atoms with Crippen LogP contribution in [-0.4, -0.2) is 34.5 Å². The number of nitrogens with zero attached hydrogens (tertiary/aromatic N) is 1. The quantitative estimate of drug-likeness (QED) is 0.298. The number of anilines is 2. The van der Waals surface area contributed by atoms with Gasteiger partial charge in [0.05, 0.1) is 16.6 Å². The van der Waals surface area contributed by atoms with Crippen LogP contribution in [0.3, 0.4) is 0 Å². The van der Waals surface area contributed by atoms with E-state index >= 15 is 4.39 Å². The number of hydrogen-bond acceptors (Lipinski definition) is 3. The smallest absolute Gasteiger partial charge is 0.335 e. The van der Waals surface area contributed by atoms with Gasteiger partial charge in [0.15, 0.2) is 0 Å². The molecule has 5 rings (SSSR count). The van der Waals surface area contributed by atoms with Crippen molar-refractivity contribution in [1.29, 1.82) is 0 Å². The van der Waals surface area contributed by atoms with Gasteiger partial charge in [-0.3, -0.25) is 4.79 Å². The van der Waals surface area contributed by atoms with Crippen LogP contribution in [0, 0.1) is 17.2 Å². The number of hydrogen-bond donors (Lipinski definition) is 3. The molecule has 0 aliphatic carbocycles. The number of rotatable bonds is 4. The summed E-state index contributed by atoms with van der Waals surface area (Å²) in [5.74, 6) is -2.53. The molecule has 3 amide bonds. The minimum atomic E-state index is -1.33. The highest BCUT2D eigenvalue weighted by Crippen LogP contribution is 2.60. The fourth-order valence-corrected chi connectivity index (χ4v) is 6.52. The Morgan fingerprint density at radius 3 is 2.48 bits per heavy atom. The summed E-state index contributed by atoms with van der Waals surface area (Å²) in [6.45, 7) is 6.32. The average Bonchev–Trinajstić information content (AvgIpc) is 3.35. The zero-order chi connectivity index (χ0) is 29.0. The van der Waals surface area contributed by atoms with E-state index in [2.05, 4.69) is 31.4 Å². The van der Waals surface area contributed by atoms with Gasteiger partial charge in [-0.2, -0.15) is 0 Å². The number of likely N-dealkylation sites (tertiary alicyclic amines) is 1. The summed E-state index contributed by atoms with van der Waals surface area (Å²) in [4.78, 5) is 40.8. The predicted octanol–water partition coefficient (Wildman–Crippen LogP) is 7.36. The molecule has 1 saturated heterocycles. The van der Waals surface area contributed by atoms with Gasteiger partial charge in [0.2, 0.25) is 5.91 Å². The number of aromatic carboxylic acids is 1. The van der Waals surface area contributed by atoms with Crippen molar-refractivity contribution in [1.82, 2.24) is 4.90 Å². The Labute approximate surface area is 241 Å². The molecule has 0 radical (unpaired) electrons. The van der Waals surface area contributed by atoms with E-state index in [9.17, 15) is 19.5 Å². The lowest BCUT2D eigenvalue weighted by Gasteiger charge is -2.38. The monoisotopic (exact) mass is 583 g/mol. The number of nitrogens with one attached hydrogen (secondary N) is 2. The molecule has 2 heterocycles. The largest absolute Gasteiger partial charge is 0.478 e. The van der Waals surface area contributed by atoms with Gasteiger partial charge in [0, 0.05) is 28.5 Å². The molecule has 1 unspecified atom stereocenters. The molecule has 3 aromatic carbocycles. The Morgan fingerprint density at radius 2 is 1.82 bits per heavy atom. The molecule has 1 spiro atoms. The zero-order valence-corrected chi connectivity index (χ0v) is 23.6. The second-order valence-electron chi connectivity index (χ2n) is 11.5. The normalized spacial score (nSPS) is 21.9. The van der Waals surface area contributed by atoms with E-state index in [0.29, 0.717) is 28.4 Å². The van der Waals surface area contributed by atoms with Crippen molar-refractivity contribution in [2.75, 3.05) is 17.2 Å². The highest BCUT2D eigenvalue weighted by Gasteiger charge is 2.65. The average molecular weight is 584 g/mol. The molecule has 3 atom stereocenters. The van der Waals surface area contributed by atoms with Gasteiger partial charge in [0.1, 0.15) is 11.2 Å². The molecule has 40 heavy (non-hydrogen) atoms. The van der Waals surface area contributed by atoms with E-state index < -0.39 is 35.2 Å². The maximum Gasteiger partial charge on any atom is 0.335 e. The van der Waals surface area contributed by atoms with Gasteiger partial charge in [-0.05, 0) is 65.8 Å². The molecule has 2 aliphatic heterocycles. The number of halogens is 3. The predicted molar refractivity (Wildman–Crippen MR) is 153 cm³/mol. The summed E-state index contributed by atoms with van der Waals surface area (Å²) < 4.78 is 15.8. The second-order valence-corrected chi connectivity index (χ2v) is 12.3. The van der Waals surface area contributed by atoms with Gasteiger partial charge >= 0.3 is 12.0 Å². The van der Waals surface area contributed by atoms with E-state index in [4.69, 9.17) is 23.2 Å². The van der Waals surface area contributed by atoms with Crippen LogP contribution in [0.25, 0.3) is 0 Å². The van der Waals surface area contributed by atoms with Crippen LogP contribution in [-0.2, 0) is 10.2 Å². The summed E-state index contributed by atoms with van der Waals surface area (Å²) in [5, 5.41) is 15.3. The van der Waals surface area contributed by atoms with Crippen molar-refractivity contribution in [3.8, 4) is 0 Å². The molecule has 3 aromatic rings. The van der Waals surface area contributed by atoms with E-state index in [-0.39, 0.29) is 34.0 Å². The second kappa shape index (κ2) is 10.1. The molecule has 3 N–H and O–H groups in total. The van der Waals surface area contributed by atoms with E-state index in [0.717, 1.165) is 0 Å². The summed E-state index contributed by atoms with van der Waals surface area (Å²) in [6.07, 6.45) is 0.554. The van der Waals surface area contributed by atoms with Gasteiger partial charge in [-0.15, -0.1) is 0 Å². The number of carboxylic acid groups (broad SMARTS) is 1. The molecular weight excluding hydrogens is 556 g/mol. The summed E-state index contributed by atoms with van der Waals surface area (Å²) >= 11 is 12.5. The van der Waals surface area contributed by atoms with Crippen molar-refractivity contribution >= 4 is 52.5 Å². The molecule has 10 heteroatoms. The number of benzene rings is 3. The Kier molecular flexibility index (Phi) is 7.04. The molecule has 208 valence electrons. The molecule has 2 aliphatic rings. The number of urea groups is 1. The molecule has 1 fully saturated rings. The highest BCUT2D eigenvalue weighted by molar-refractivity contribution is 6.31. The van der Waals surface area contributed by atoms with Crippen molar-refractivity contribution in [3.05, 3.63) is 93.2 Å². The lowest BCUT2D eigenvalue weighted by atomic mass is 9.63. The van der Waals surface area contributed by atoms with E-state index in [1.807, 2.05) is 0 Å². The number of amides is 3. The van der Waals surface area contributed by atoms with Crippen LogP contribution >= 0.6 is 23.2 Å². The lowest BCUT2D eigenvalue weighted by molar-refractivity contribution is -0.123. The zero-order valence-electron chi connectivity index (χ0n) is 22.1. The highest BCUT2D eigenvalue weighted by atomic mass is 35.5. The Hall–Kier alpha value is -3.62. The van der Waals surface area contributed by atoms with Crippen LogP contribution in [0.15, 0.2) is 60.7 Å². The maximum atomic E-state index is 15.8. The van der Waals surface area contributed by atoms with Crippen LogP contribution in [0.4, 0.5) is 20.6 Å². The van der Waals surface area contributed by atoms with Gasteiger partial charge in [-0.1, -0.05) is 62.2 Å². The molecule has 0 aromatic heterocycles. The van der Waals surface area contributed by atoms with Gasteiger partial charge in [-0.25, -0.2) is 14.0 Å². The van der Waals surface area contributed by atoms with Crippen LogP contribution < -0.4 is 10.6 Å². The van der Waals surface area contributed by atoms with Crippen molar-refractivity contribution in [3.63, 3.8) is 0 Å². The van der Waals surface area contributed by atoms with Crippen molar-refractivity contribution in [2.24, 2.45) is 11.3 Å². The maximum absolute atomic E-state index is 15.8. The molecule has 7 nitrogen and oxygen atoms in total. The fourth-order valence-electron chi connectivity index (χ4n) is 6.16. The third-order valence-corrected chi connectivity index (χ3v) is 8.16. The number of carbonyl (C=O) groups excluding carboxylic acids is 2. The first-order chi connectivity index (χ1) is 18.8. The molecular formula is C30H28Cl2FN3O4. The molecule has 0 bridgehead atoms. The minimum Gasteiger partial charge on any atom is -0.478 e. The van der Waals surface area contributed by atoms with E-state index in [1.54, 1.807) is 30.3 Å². The van der Waals surface area contributed by atoms with Crippen molar-refractivity contribution in [2.45, 2.75) is 38.6 Å². The third-order valence-electron chi connectivity index (χ3n) is 7.63. The number of fused-ring (bicyclic) bond motifs is 2. The SMILES string of the molecule is CC(C)(C)C[C@@H]1CN(C(=O)Nc2ccc(C(=O)O)cc2)[C@H](c2cccc(Cl)c2F)C12C(=O)Nc1cc(Cl)ccc12. The topological polar surface area (TPSA) is 98.7 Å². The summed E-state index contributed by atoms with van der Waals surface area (Å²) in [5.41, 5.74) is 0.152. The minimum absolute atomic E-state index is 0.0696. The first kappa shape index (κ1) is 27.9. The summed E-state index contributed by atoms with van der Waals surface area (Å²) in [7, 11) is 0. The third kappa shape index (κ3) is 4.69. The van der Waals surface area contributed by atoms with Crippen LogP contribution in [0.5, 0.6) is 0 Å². The Balaban J connectivity index is 1.69. The van der Waals surface area contributed by atoms with Crippen molar-refractivity contribution < 1.29 is 23.9 Å². The molecule has 0 saturated carbocycles. The fraction of sp³-hybridized carbons (Fsp3) is 0.300. The standard InChI is InChI=1S/C30H28Cl2FN3O4/c1-29(2,3)14-17-15-36(28(40)34-19-10-7-16(8-11-19)26(37)38)25(20-5-4-6-22(32)24(20)33)30(17)21-12-9-18(31)13-23(21)35-27(30)39/h4-13,17,25H,14-15H2,1-3H3,(H,34,40)(H,35,39)(H,37,38)/t17-,25-,30?/m1/s1. The first-order valence-corrected chi connectivity index (χ1v) is 13.5. The first-order valence-electron chi connectivity index (χ1n) is 12.8. The Bertz CT molecular complexity index is 1520. The van der Waals surface area contributed by atoms with Gasteiger partial charge < -0.3 is 20.6 Å². The summed E-state index contributed by atoms with van der Waals surface area (Å²) in [6, 6.07) is 13.8. The van der Waals surface area contributed by atoms with Crippen LogP contribution in [0.1, 0.15) is 54.7 Å². The van der Waals surface area contributed by atoms with E-state index in [1.165, 1.54) is 35.2 Å². The lowest BCUT2D eigenvalue weighted by Crippen LogP contribution is -2.47. The van der Waals surface area contributed by atoms with Crippen LogP contribution in [0.2, 0.25) is 10.0 Å².